The van der Waals surface area contributed by atoms with Gasteiger partial charge in [0.15, 0.2) is 0 Å². The number of para-hydroxylation sites is 1. The highest BCUT2D eigenvalue weighted by Gasteiger charge is 2.28. The Bertz CT molecular complexity index is 584. The molecule has 6 nitrogen and oxygen atoms in total. The van der Waals surface area contributed by atoms with E-state index in [4.69, 9.17) is 16.7 Å². The van der Waals surface area contributed by atoms with Crippen LogP contribution in [0.3, 0.4) is 0 Å². The summed E-state index contributed by atoms with van der Waals surface area (Å²) in [5, 5.41) is 9.01. The number of hydrogen-bond donors (Lipinski definition) is 3. The van der Waals surface area contributed by atoms with E-state index in [9.17, 15) is 13.2 Å². The van der Waals surface area contributed by atoms with Crippen LogP contribution >= 0.6 is 11.6 Å². The minimum absolute atomic E-state index is 0.0380. The first-order valence-electron chi connectivity index (χ1n) is 5.21. The lowest BCUT2D eigenvalue weighted by atomic mass is 10.2. The third kappa shape index (κ3) is 3.12. The monoisotopic (exact) mass is 290 g/mol. The molecule has 0 spiro atoms. The zero-order chi connectivity index (χ0) is 13.3. The Balaban J connectivity index is 2.29. The van der Waals surface area contributed by atoms with Gasteiger partial charge in [0.25, 0.3) is 10.2 Å². The van der Waals surface area contributed by atoms with E-state index in [0.29, 0.717) is 0 Å². The van der Waals surface area contributed by atoms with Crippen molar-refractivity contribution >= 4 is 33.5 Å². The first-order chi connectivity index (χ1) is 8.39. The maximum Gasteiger partial charge on any atom is 0.337 e. The van der Waals surface area contributed by atoms with Crippen molar-refractivity contribution in [2.45, 2.75) is 18.9 Å². The largest absolute Gasteiger partial charge is 0.478 e. The summed E-state index contributed by atoms with van der Waals surface area (Å²) in [5.74, 6) is -1.25. The van der Waals surface area contributed by atoms with Crippen molar-refractivity contribution in [2.24, 2.45) is 0 Å². The third-order valence-corrected chi connectivity index (χ3v) is 3.81. The molecule has 3 N–H and O–H groups in total. The van der Waals surface area contributed by atoms with E-state index in [0.717, 1.165) is 12.8 Å². The average molecular weight is 291 g/mol. The summed E-state index contributed by atoms with van der Waals surface area (Å²) in [7, 11) is -3.80. The first kappa shape index (κ1) is 13.1. The zero-order valence-corrected chi connectivity index (χ0v) is 10.8. The number of rotatable bonds is 5. The molecule has 0 heterocycles. The quantitative estimate of drug-likeness (QED) is 0.765. The van der Waals surface area contributed by atoms with Gasteiger partial charge in [0.05, 0.1) is 16.3 Å². The van der Waals surface area contributed by atoms with E-state index in [1.807, 2.05) is 0 Å². The van der Waals surface area contributed by atoms with Crippen LogP contribution in [0.4, 0.5) is 5.69 Å². The van der Waals surface area contributed by atoms with Gasteiger partial charge in [0.2, 0.25) is 0 Å². The van der Waals surface area contributed by atoms with Crippen molar-refractivity contribution in [3.63, 3.8) is 0 Å². The Labute approximate surface area is 109 Å². The van der Waals surface area contributed by atoms with Crippen molar-refractivity contribution in [1.82, 2.24) is 4.72 Å². The van der Waals surface area contributed by atoms with Crippen LogP contribution in [0, 0.1) is 0 Å². The van der Waals surface area contributed by atoms with E-state index < -0.39 is 16.2 Å². The number of carboxylic acid groups (broad SMARTS) is 1. The van der Waals surface area contributed by atoms with Gasteiger partial charge < -0.3 is 5.11 Å². The second-order valence-electron chi connectivity index (χ2n) is 3.97. The van der Waals surface area contributed by atoms with Crippen LogP contribution in [0.2, 0.25) is 5.02 Å². The molecular formula is C10H11ClN2O4S. The standard InChI is InChI=1S/C10H11ClN2O4S/c11-8-3-1-2-7(10(14)15)9(8)13-18(16,17)12-6-4-5-6/h1-3,6,12-13H,4-5H2,(H,14,15). The molecule has 18 heavy (non-hydrogen) atoms. The molecule has 0 radical (unpaired) electrons. The van der Waals surface area contributed by atoms with Crippen LogP contribution in [0.5, 0.6) is 0 Å². The van der Waals surface area contributed by atoms with E-state index in [1.54, 1.807) is 0 Å². The van der Waals surface area contributed by atoms with Gasteiger partial charge in [-0.15, -0.1) is 0 Å². The molecule has 2 rings (SSSR count). The van der Waals surface area contributed by atoms with Gasteiger partial charge in [0.1, 0.15) is 0 Å². The van der Waals surface area contributed by atoms with E-state index in [2.05, 4.69) is 9.44 Å². The molecule has 0 atom stereocenters. The summed E-state index contributed by atoms with van der Waals surface area (Å²) in [6, 6.07) is 4.07. The molecule has 0 aromatic heterocycles. The van der Waals surface area contributed by atoms with Crippen LogP contribution in [-0.4, -0.2) is 25.5 Å². The number of nitrogens with one attached hydrogen (secondary N) is 2. The van der Waals surface area contributed by atoms with Crippen molar-refractivity contribution in [3.05, 3.63) is 28.8 Å². The zero-order valence-electron chi connectivity index (χ0n) is 9.18. The van der Waals surface area contributed by atoms with Gasteiger partial charge in [-0.05, 0) is 25.0 Å². The highest BCUT2D eigenvalue weighted by molar-refractivity contribution is 7.90. The van der Waals surface area contributed by atoms with Crippen LogP contribution in [0.15, 0.2) is 18.2 Å². The van der Waals surface area contributed by atoms with Gasteiger partial charge in [0, 0.05) is 6.04 Å². The topological polar surface area (TPSA) is 95.5 Å². The van der Waals surface area contributed by atoms with Crippen LogP contribution < -0.4 is 9.44 Å². The summed E-state index contributed by atoms with van der Waals surface area (Å²) in [4.78, 5) is 11.0. The van der Waals surface area contributed by atoms with Crippen LogP contribution in [0.25, 0.3) is 0 Å². The number of halogens is 1. The van der Waals surface area contributed by atoms with Crippen LogP contribution in [-0.2, 0) is 10.2 Å². The minimum atomic E-state index is -3.80. The molecule has 8 heteroatoms. The molecule has 0 bridgehead atoms. The van der Waals surface area contributed by atoms with Crippen LogP contribution in [0.1, 0.15) is 23.2 Å². The van der Waals surface area contributed by atoms with Crippen molar-refractivity contribution in [2.75, 3.05) is 4.72 Å². The molecular weight excluding hydrogens is 280 g/mol. The summed E-state index contributed by atoms with van der Waals surface area (Å²) in [6.45, 7) is 0. The number of benzene rings is 1. The van der Waals surface area contributed by atoms with Gasteiger partial charge in [-0.2, -0.15) is 13.1 Å². The number of carboxylic acids is 1. The second-order valence-corrected chi connectivity index (χ2v) is 5.82. The smallest absolute Gasteiger partial charge is 0.337 e. The summed E-state index contributed by atoms with van der Waals surface area (Å²) >= 11 is 5.81. The molecule has 0 amide bonds. The first-order valence-corrected chi connectivity index (χ1v) is 7.07. The number of anilines is 1. The fraction of sp³-hybridized carbons (Fsp3) is 0.300. The van der Waals surface area contributed by atoms with Gasteiger partial charge in [-0.1, -0.05) is 17.7 Å². The fourth-order valence-corrected chi connectivity index (χ4v) is 2.89. The maximum absolute atomic E-state index is 11.7. The fourth-order valence-electron chi connectivity index (χ4n) is 1.39. The molecule has 1 aliphatic carbocycles. The Morgan fingerprint density at radius 2 is 2.06 bits per heavy atom. The minimum Gasteiger partial charge on any atom is -0.478 e. The average Bonchev–Trinajstić information content (AvgIpc) is 3.03. The Morgan fingerprint density at radius 1 is 1.39 bits per heavy atom. The van der Waals surface area contributed by atoms with Crippen molar-refractivity contribution < 1.29 is 18.3 Å². The molecule has 1 fully saturated rings. The highest BCUT2D eigenvalue weighted by Crippen LogP contribution is 2.27. The molecule has 1 aromatic carbocycles. The predicted molar refractivity (Wildman–Crippen MR) is 67.1 cm³/mol. The number of carbonyl (C=O) groups is 1. The van der Waals surface area contributed by atoms with Gasteiger partial charge >= 0.3 is 5.97 Å². The number of hydrogen-bond acceptors (Lipinski definition) is 3. The normalized spacial score (nSPS) is 15.4. The van der Waals surface area contributed by atoms with E-state index in [1.165, 1.54) is 18.2 Å². The molecule has 0 unspecified atom stereocenters. The van der Waals surface area contributed by atoms with Crippen molar-refractivity contribution in [1.29, 1.82) is 0 Å². The summed E-state index contributed by atoms with van der Waals surface area (Å²) < 4.78 is 27.9. The summed E-state index contributed by atoms with van der Waals surface area (Å²) in [6.07, 6.45) is 1.57. The lowest BCUT2D eigenvalue weighted by Crippen LogP contribution is -2.32. The Hall–Kier alpha value is -1.31. The van der Waals surface area contributed by atoms with Gasteiger partial charge in [-0.3, -0.25) is 4.72 Å². The molecule has 0 saturated heterocycles. The lowest BCUT2D eigenvalue weighted by molar-refractivity contribution is 0.0698. The SMILES string of the molecule is O=C(O)c1cccc(Cl)c1NS(=O)(=O)NC1CC1. The lowest BCUT2D eigenvalue weighted by Gasteiger charge is -2.12. The molecule has 1 aliphatic rings. The Kier molecular flexibility index (Phi) is 3.47. The molecule has 1 aromatic rings. The molecule has 98 valence electrons. The highest BCUT2D eigenvalue weighted by atomic mass is 35.5. The van der Waals surface area contributed by atoms with E-state index >= 15 is 0 Å². The van der Waals surface area contributed by atoms with Crippen molar-refractivity contribution in [3.8, 4) is 0 Å². The van der Waals surface area contributed by atoms with E-state index in [-0.39, 0.29) is 22.3 Å². The number of aromatic carboxylic acids is 1. The predicted octanol–water partition coefficient (Wildman–Crippen LogP) is 1.45. The summed E-state index contributed by atoms with van der Waals surface area (Å²) in [5.41, 5.74) is -0.316. The second kappa shape index (κ2) is 4.75. The molecule has 0 aliphatic heterocycles. The maximum atomic E-state index is 11.7. The van der Waals surface area contributed by atoms with Gasteiger partial charge in [-0.25, -0.2) is 4.79 Å². The molecule has 1 saturated carbocycles. The third-order valence-electron chi connectivity index (χ3n) is 2.38. The Morgan fingerprint density at radius 3 is 2.61 bits per heavy atom.